The highest BCUT2D eigenvalue weighted by Crippen LogP contribution is 2.19. The van der Waals surface area contributed by atoms with Gasteiger partial charge < -0.3 is 5.73 Å². The van der Waals surface area contributed by atoms with Crippen molar-refractivity contribution in [1.82, 2.24) is 0 Å². The van der Waals surface area contributed by atoms with Gasteiger partial charge >= 0.3 is 0 Å². The lowest BCUT2D eigenvalue weighted by atomic mass is 9.96. The molecular weight excluding hydrogens is 210 g/mol. The third-order valence-corrected chi connectivity index (χ3v) is 2.50. The number of halogens is 1. The van der Waals surface area contributed by atoms with Crippen LogP contribution in [0.25, 0.3) is 0 Å². The fourth-order valence-corrected chi connectivity index (χ4v) is 1.50. The third kappa shape index (κ3) is 4.02. The van der Waals surface area contributed by atoms with Crippen LogP contribution in [0.1, 0.15) is 37.0 Å². The zero-order valence-electron chi connectivity index (χ0n) is 9.09. The molecule has 0 aliphatic heterocycles. The summed E-state index contributed by atoms with van der Waals surface area (Å²) in [6, 6.07) is 7.09. The van der Waals surface area contributed by atoms with Crippen molar-refractivity contribution >= 4 is 17.4 Å². The Labute approximate surface area is 95.4 Å². The van der Waals surface area contributed by atoms with Crippen LogP contribution < -0.4 is 5.73 Å². The van der Waals surface area contributed by atoms with E-state index >= 15 is 0 Å². The van der Waals surface area contributed by atoms with E-state index in [0.717, 1.165) is 0 Å². The maximum absolute atomic E-state index is 11.8. The normalized spacial score (nSPS) is 11.5. The number of benzene rings is 1. The largest absolute Gasteiger partial charge is 0.326 e. The quantitative estimate of drug-likeness (QED) is 0.801. The molecule has 0 aliphatic rings. The van der Waals surface area contributed by atoms with E-state index in [9.17, 15) is 4.79 Å². The monoisotopic (exact) mass is 225 g/mol. The van der Waals surface area contributed by atoms with Crippen LogP contribution in [-0.2, 0) is 0 Å². The van der Waals surface area contributed by atoms with Gasteiger partial charge in [0.1, 0.15) is 0 Å². The number of rotatable bonds is 4. The van der Waals surface area contributed by atoms with E-state index in [1.807, 2.05) is 26.0 Å². The minimum Gasteiger partial charge on any atom is -0.326 e. The van der Waals surface area contributed by atoms with E-state index in [0.29, 0.717) is 23.4 Å². The van der Waals surface area contributed by atoms with Crippen LogP contribution >= 0.6 is 11.6 Å². The van der Waals surface area contributed by atoms with Crippen molar-refractivity contribution in [3.05, 3.63) is 34.9 Å². The minimum absolute atomic E-state index is 0.0547. The summed E-state index contributed by atoms with van der Waals surface area (Å²) in [5.41, 5.74) is 6.09. The van der Waals surface area contributed by atoms with Crippen molar-refractivity contribution in [1.29, 1.82) is 0 Å². The van der Waals surface area contributed by atoms with E-state index < -0.39 is 0 Å². The Kier molecular flexibility index (Phi) is 3.89. The predicted octanol–water partition coefficient (Wildman–Crippen LogP) is 3.04. The average molecular weight is 226 g/mol. The van der Waals surface area contributed by atoms with Gasteiger partial charge in [0, 0.05) is 17.5 Å². The zero-order chi connectivity index (χ0) is 11.5. The minimum atomic E-state index is -0.309. The summed E-state index contributed by atoms with van der Waals surface area (Å²) in [5.74, 6) is 0.0547. The molecule has 82 valence electrons. The number of carbonyl (C=O) groups is 1. The summed E-state index contributed by atoms with van der Waals surface area (Å²) in [6.45, 7) is 3.82. The molecule has 0 unspecified atom stereocenters. The average Bonchev–Trinajstić information content (AvgIpc) is 2.14. The Morgan fingerprint density at radius 1 is 1.40 bits per heavy atom. The molecule has 0 amide bonds. The second-order valence-corrected chi connectivity index (χ2v) is 4.80. The lowest BCUT2D eigenvalue weighted by Gasteiger charge is -2.17. The zero-order valence-corrected chi connectivity index (χ0v) is 9.84. The standard InChI is InChI=1S/C12H16ClNO/c1-12(2,14)8-7-11(15)9-5-3-4-6-10(9)13/h3-6H,7-8,14H2,1-2H3. The van der Waals surface area contributed by atoms with Gasteiger partial charge in [0.25, 0.3) is 0 Å². The molecule has 0 spiro atoms. The van der Waals surface area contributed by atoms with Gasteiger partial charge in [-0.05, 0) is 32.4 Å². The molecule has 0 aliphatic carbocycles. The second kappa shape index (κ2) is 4.77. The summed E-state index contributed by atoms with van der Waals surface area (Å²) >= 11 is 5.92. The summed E-state index contributed by atoms with van der Waals surface area (Å²) in [7, 11) is 0. The summed E-state index contributed by atoms with van der Waals surface area (Å²) in [6.07, 6.45) is 1.10. The SMILES string of the molecule is CC(C)(N)CCC(=O)c1ccccc1Cl. The fourth-order valence-electron chi connectivity index (χ4n) is 1.26. The number of Topliss-reactive ketones (excluding diaryl/α,β-unsaturated/α-hetero) is 1. The number of ketones is 1. The molecule has 0 heterocycles. The first-order valence-corrected chi connectivity index (χ1v) is 5.34. The molecule has 0 aromatic heterocycles. The fraction of sp³-hybridized carbons (Fsp3) is 0.417. The highest BCUT2D eigenvalue weighted by atomic mass is 35.5. The van der Waals surface area contributed by atoms with Crippen molar-refractivity contribution in [3.63, 3.8) is 0 Å². The van der Waals surface area contributed by atoms with Gasteiger partial charge in [-0.25, -0.2) is 0 Å². The lowest BCUT2D eigenvalue weighted by molar-refractivity contribution is 0.0973. The smallest absolute Gasteiger partial charge is 0.164 e. The molecule has 15 heavy (non-hydrogen) atoms. The van der Waals surface area contributed by atoms with Gasteiger partial charge in [-0.15, -0.1) is 0 Å². The van der Waals surface area contributed by atoms with E-state index in [4.69, 9.17) is 17.3 Å². The highest BCUT2D eigenvalue weighted by Gasteiger charge is 2.15. The van der Waals surface area contributed by atoms with E-state index in [-0.39, 0.29) is 11.3 Å². The molecule has 0 bridgehead atoms. The summed E-state index contributed by atoms with van der Waals surface area (Å²) in [4.78, 5) is 11.8. The molecule has 1 aromatic rings. The van der Waals surface area contributed by atoms with Gasteiger partial charge in [0.2, 0.25) is 0 Å². The van der Waals surface area contributed by atoms with Gasteiger partial charge in [-0.3, -0.25) is 4.79 Å². The summed E-state index contributed by atoms with van der Waals surface area (Å²) in [5, 5.41) is 0.511. The Morgan fingerprint density at radius 3 is 2.53 bits per heavy atom. The van der Waals surface area contributed by atoms with Crippen molar-refractivity contribution in [3.8, 4) is 0 Å². The topological polar surface area (TPSA) is 43.1 Å². The van der Waals surface area contributed by atoms with Crippen molar-refractivity contribution < 1.29 is 4.79 Å². The van der Waals surface area contributed by atoms with Gasteiger partial charge in [0.15, 0.2) is 5.78 Å². The first-order chi connectivity index (χ1) is 6.90. The molecular formula is C12H16ClNO. The molecule has 1 rings (SSSR count). The van der Waals surface area contributed by atoms with E-state index in [2.05, 4.69) is 0 Å². The molecule has 2 N–H and O–H groups in total. The van der Waals surface area contributed by atoms with Crippen molar-refractivity contribution in [2.24, 2.45) is 5.73 Å². The van der Waals surface area contributed by atoms with Crippen LogP contribution in [0.2, 0.25) is 5.02 Å². The Hall–Kier alpha value is -0.860. The maximum atomic E-state index is 11.8. The van der Waals surface area contributed by atoms with Crippen molar-refractivity contribution in [2.45, 2.75) is 32.2 Å². The molecule has 1 aromatic carbocycles. The first-order valence-electron chi connectivity index (χ1n) is 4.97. The van der Waals surface area contributed by atoms with E-state index in [1.165, 1.54) is 0 Å². The van der Waals surface area contributed by atoms with E-state index in [1.54, 1.807) is 12.1 Å². The Bertz CT molecular complexity index is 355. The molecule has 2 nitrogen and oxygen atoms in total. The van der Waals surface area contributed by atoms with Gasteiger partial charge in [0.05, 0.1) is 5.02 Å². The first kappa shape index (κ1) is 12.2. The van der Waals surface area contributed by atoms with Crippen LogP contribution in [0.4, 0.5) is 0 Å². The van der Waals surface area contributed by atoms with Gasteiger partial charge in [-0.2, -0.15) is 0 Å². The van der Waals surface area contributed by atoms with Crippen LogP contribution in [0.3, 0.4) is 0 Å². The molecule has 0 saturated carbocycles. The molecule has 0 fully saturated rings. The second-order valence-electron chi connectivity index (χ2n) is 4.39. The van der Waals surface area contributed by atoms with Crippen LogP contribution in [-0.4, -0.2) is 11.3 Å². The molecule has 0 saturated heterocycles. The number of hydrogen-bond acceptors (Lipinski definition) is 2. The van der Waals surface area contributed by atoms with Gasteiger partial charge in [-0.1, -0.05) is 23.7 Å². The summed E-state index contributed by atoms with van der Waals surface area (Å²) < 4.78 is 0. The highest BCUT2D eigenvalue weighted by molar-refractivity contribution is 6.33. The lowest BCUT2D eigenvalue weighted by Crippen LogP contribution is -2.32. The van der Waals surface area contributed by atoms with Crippen LogP contribution in [0, 0.1) is 0 Å². The predicted molar refractivity (Wildman–Crippen MR) is 63.3 cm³/mol. The van der Waals surface area contributed by atoms with Crippen LogP contribution in [0.5, 0.6) is 0 Å². The molecule has 3 heteroatoms. The number of hydrogen-bond donors (Lipinski definition) is 1. The Balaban J connectivity index is 2.66. The van der Waals surface area contributed by atoms with Crippen molar-refractivity contribution in [2.75, 3.05) is 0 Å². The number of nitrogens with two attached hydrogens (primary N) is 1. The number of carbonyl (C=O) groups excluding carboxylic acids is 1. The Morgan fingerprint density at radius 2 is 2.00 bits per heavy atom. The van der Waals surface area contributed by atoms with Crippen LogP contribution in [0.15, 0.2) is 24.3 Å². The third-order valence-electron chi connectivity index (χ3n) is 2.17. The molecule has 0 radical (unpaired) electrons. The molecule has 0 atom stereocenters. The maximum Gasteiger partial charge on any atom is 0.164 e.